The number of carbonyl (C=O) groups is 2. The number of methoxy groups -OCH3 is 1. The van der Waals surface area contributed by atoms with Crippen molar-refractivity contribution in [2.75, 3.05) is 41.1 Å². The summed E-state index contributed by atoms with van der Waals surface area (Å²) < 4.78 is 25.2. The number of benzene rings is 1. The van der Waals surface area contributed by atoms with Gasteiger partial charge in [0, 0.05) is 46.3 Å². The summed E-state index contributed by atoms with van der Waals surface area (Å²) in [6.45, 7) is 13.5. The maximum Gasteiger partial charge on any atom is 0.408 e. The summed E-state index contributed by atoms with van der Waals surface area (Å²) >= 11 is 0. The average Bonchev–Trinajstić information content (AvgIpc) is 3.39. The van der Waals surface area contributed by atoms with Gasteiger partial charge in [-0.05, 0) is 45.4 Å². The van der Waals surface area contributed by atoms with E-state index in [1.54, 1.807) is 34.9 Å². The molecule has 0 radical (unpaired) electrons. The Bertz CT molecular complexity index is 1420. The van der Waals surface area contributed by atoms with Crippen molar-refractivity contribution in [3.05, 3.63) is 42.4 Å². The number of imidazole rings is 1. The number of fused-ring (bicyclic) bond motifs is 1. The second-order valence-electron chi connectivity index (χ2n) is 13.0. The molecule has 1 N–H and O–H groups in total. The van der Waals surface area contributed by atoms with Crippen LogP contribution in [0.1, 0.15) is 45.5 Å². The maximum absolute atomic E-state index is 13.0. The highest BCUT2D eigenvalue weighted by molar-refractivity contribution is 6.76. The van der Waals surface area contributed by atoms with Gasteiger partial charge in [-0.3, -0.25) is 9.63 Å². The Labute approximate surface area is 267 Å². The summed E-state index contributed by atoms with van der Waals surface area (Å²) in [5.74, 6) is 0.801. The van der Waals surface area contributed by atoms with Gasteiger partial charge in [0.05, 0.1) is 37.6 Å². The van der Waals surface area contributed by atoms with Gasteiger partial charge >= 0.3 is 6.09 Å². The Kier molecular flexibility index (Phi) is 12.9. The summed E-state index contributed by atoms with van der Waals surface area (Å²) in [7, 11) is 3.27. The van der Waals surface area contributed by atoms with E-state index in [1.807, 2.05) is 41.1 Å². The zero-order valence-corrected chi connectivity index (χ0v) is 29.1. The van der Waals surface area contributed by atoms with Crippen molar-refractivity contribution in [2.24, 2.45) is 0 Å². The number of rotatable bonds is 16. The molecule has 3 rings (SSSR count). The van der Waals surface area contributed by atoms with Crippen molar-refractivity contribution in [3.63, 3.8) is 0 Å². The first-order chi connectivity index (χ1) is 21.2. The van der Waals surface area contributed by atoms with E-state index in [0.717, 1.165) is 16.9 Å². The number of nitrogens with one attached hydrogen (secondary N) is 1. The van der Waals surface area contributed by atoms with Crippen LogP contribution in [0, 0.1) is 0 Å². The summed E-state index contributed by atoms with van der Waals surface area (Å²) in [6.07, 6.45) is 2.01. The molecule has 0 aliphatic carbocycles. The van der Waals surface area contributed by atoms with Crippen LogP contribution in [0.3, 0.4) is 0 Å². The highest BCUT2D eigenvalue weighted by Gasteiger charge is 2.26. The average molecular weight is 644 g/mol. The predicted molar refractivity (Wildman–Crippen MR) is 176 cm³/mol. The molecule has 0 fully saturated rings. The third-order valence-electron chi connectivity index (χ3n) is 6.78. The van der Waals surface area contributed by atoms with Crippen LogP contribution >= 0.6 is 0 Å². The van der Waals surface area contributed by atoms with Crippen LogP contribution in [0.4, 0.5) is 4.79 Å². The summed E-state index contributed by atoms with van der Waals surface area (Å²) in [4.78, 5) is 39.7. The van der Waals surface area contributed by atoms with Crippen LogP contribution in [0.25, 0.3) is 22.2 Å². The first kappa shape index (κ1) is 36.0. The number of alkyl carbamates (subject to hydrolysis) is 1. The third-order valence-corrected chi connectivity index (χ3v) is 8.49. The largest absolute Gasteiger partial charge is 0.480 e. The monoisotopic (exact) mass is 643 g/mol. The molecule has 13 heteroatoms. The molecular formula is C32H49N5O7Si. The van der Waals surface area contributed by atoms with E-state index in [1.165, 1.54) is 12.2 Å². The number of pyridine rings is 1. The SMILES string of the molecule is COc1nc2ccccc2cc1-c1cn(COCC[Si](C)(C)C)c([C@H](COCCCC(=O)N(C)OC)NC(=O)OC(C)(C)C)n1. The molecule has 0 saturated carbocycles. The zero-order chi connectivity index (χ0) is 33.2. The number of hydrogen-bond acceptors (Lipinski definition) is 9. The van der Waals surface area contributed by atoms with E-state index in [9.17, 15) is 9.59 Å². The van der Waals surface area contributed by atoms with Crippen molar-refractivity contribution >= 4 is 31.0 Å². The lowest BCUT2D eigenvalue weighted by Gasteiger charge is -2.24. The van der Waals surface area contributed by atoms with Crippen LogP contribution in [0.2, 0.25) is 25.7 Å². The van der Waals surface area contributed by atoms with Gasteiger partial charge in [-0.25, -0.2) is 19.8 Å². The number of aromatic nitrogens is 3. The molecule has 1 atom stereocenters. The smallest absolute Gasteiger partial charge is 0.408 e. The van der Waals surface area contributed by atoms with Crippen LogP contribution in [0.15, 0.2) is 36.5 Å². The molecule has 2 aromatic heterocycles. The fourth-order valence-corrected chi connectivity index (χ4v) is 5.09. The first-order valence-electron chi connectivity index (χ1n) is 15.2. The fourth-order valence-electron chi connectivity index (χ4n) is 4.34. The van der Waals surface area contributed by atoms with Gasteiger partial charge in [-0.2, -0.15) is 0 Å². The van der Waals surface area contributed by atoms with Gasteiger partial charge in [-0.15, -0.1) is 0 Å². The molecule has 0 spiro atoms. The van der Waals surface area contributed by atoms with Gasteiger partial charge < -0.3 is 28.8 Å². The zero-order valence-electron chi connectivity index (χ0n) is 28.1. The number of hydrogen-bond donors (Lipinski definition) is 1. The highest BCUT2D eigenvalue weighted by atomic mass is 28.3. The molecule has 3 aromatic rings. The number of carbonyl (C=O) groups excluding carboxylic acids is 2. The van der Waals surface area contributed by atoms with Gasteiger partial charge in [-0.1, -0.05) is 37.8 Å². The standard InChI is InChI=1S/C32H49N5O7Si/c1-32(2,3)44-31(39)35-27(21-42-16-12-15-28(38)36(4)41-6)29-33-26(20-37(29)22-43-17-18-45(7,8)9)24-19-23-13-10-11-14-25(23)34-30(24)40-5/h10-11,13-14,19-20,27H,12,15-18,21-22H2,1-9H3,(H,35,39)/t27-/m0/s1. The molecule has 0 aliphatic heterocycles. The highest BCUT2D eigenvalue weighted by Crippen LogP contribution is 2.32. The fraction of sp³-hybridized carbons (Fsp3) is 0.562. The normalized spacial score (nSPS) is 12.6. The van der Waals surface area contributed by atoms with Gasteiger partial charge in [0.1, 0.15) is 24.2 Å². The van der Waals surface area contributed by atoms with Gasteiger partial charge in [0.2, 0.25) is 11.8 Å². The summed E-state index contributed by atoms with van der Waals surface area (Å²) in [6, 6.07) is 10.1. The number of amides is 2. The van der Waals surface area contributed by atoms with Gasteiger partial charge in [0.15, 0.2) is 0 Å². The van der Waals surface area contributed by atoms with Crippen molar-refractivity contribution in [2.45, 2.75) is 77.7 Å². The van der Waals surface area contributed by atoms with Crippen LogP contribution < -0.4 is 10.1 Å². The van der Waals surface area contributed by atoms with E-state index < -0.39 is 25.8 Å². The summed E-state index contributed by atoms with van der Waals surface area (Å²) in [5.41, 5.74) is 1.42. The molecule has 2 amide bonds. The lowest BCUT2D eigenvalue weighted by atomic mass is 10.1. The minimum atomic E-state index is -1.31. The van der Waals surface area contributed by atoms with E-state index >= 15 is 0 Å². The number of hydroxylamine groups is 2. The minimum Gasteiger partial charge on any atom is -0.480 e. The van der Waals surface area contributed by atoms with Crippen molar-refractivity contribution < 1.29 is 33.4 Å². The lowest BCUT2D eigenvalue weighted by molar-refractivity contribution is -0.168. The van der Waals surface area contributed by atoms with E-state index in [4.69, 9.17) is 33.8 Å². The molecule has 248 valence electrons. The second kappa shape index (κ2) is 16.2. The van der Waals surface area contributed by atoms with Crippen molar-refractivity contribution in [1.29, 1.82) is 0 Å². The molecule has 0 saturated heterocycles. The quantitative estimate of drug-likeness (QED) is 0.117. The molecule has 0 bridgehead atoms. The maximum atomic E-state index is 13.0. The molecule has 2 heterocycles. The van der Waals surface area contributed by atoms with Crippen molar-refractivity contribution in [1.82, 2.24) is 24.9 Å². The molecule has 0 aliphatic rings. The van der Waals surface area contributed by atoms with E-state index in [0.29, 0.717) is 42.6 Å². The molecule has 1 aromatic carbocycles. The number of ether oxygens (including phenoxy) is 4. The van der Waals surface area contributed by atoms with Crippen LogP contribution in [-0.2, 0) is 30.6 Å². The Balaban J connectivity index is 1.95. The second-order valence-corrected chi connectivity index (χ2v) is 18.6. The Morgan fingerprint density at radius 2 is 1.80 bits per heavy atom. The predicted octanol–water partition coefficient (Wildman–Crippen LogP) is 5.80. The molecular weight excluding hydrogens is 594 g/mol. The van der Waals surface area contributed by atoms with E-state index in [-0.39, 0.29) is 25.7 Å². The molecule has 12 nitrogen and oxygen atoms in total. The van der Waals surface area contributed by atoms with Crippen molar-refractivity contribution in [3.8, 4) is 17.1 Å². The Morgan fingerprint density at radius 1 is 1.07 bits per heavy atom. The van der Waals surface area contributed by atoms with E-state index in [2.05, 4.69) is 25.0 Å². The Morgan fingerprint density at radius 3 is 2.47 bits per heavy atom. The topological polar surface area (TPSA) is 126 Å². The lowest BCUT2D eigenvalue weighted by Crippen LogP contribution is -2.38. The first-order valence-corrected chi connectivity index (χ1v) is 18.9. The van der Waals surface area contributed by atoms with Gasteiger partial charge in [0.25, 0.3) is 0 Å². The number of nitrogens with zero attached hydrogens (tertiary/aromatic N) is 4. The van der Waals surface area contributed by atoms with Crippen LogP contribution in [0.5, 0.6) is 5.88 Å². The third kappa shape index (κ3) is 11.4. The minimum absolute atomic E-state index is 0.0893. The summed E-state index contributed by atoms with van der Waals surface area (Å²) in [5, 5.41) is 5.06. The Hall–Kier alpha value is -3.52. The molecule has 0 unspecified atom stereocenters. The molecule has 45 heavy (non-hydrogen) atoms. The van der Waals surface area contributed by atoms with Crippen LogP contribution in [-0.4, -0.2) is 86.4 Å². The number of para-hydroxylation sites is 1.